The van der Waals surface area contributed by atoms with Crippen LogP contribution in [0, 0.1) is 11.8 Å². The van der Waals surface area contributed by atoms with Gasteiger partial charge >= 0.3 is 6.18 Å². The van der Waals surface area contributed by atoms with Gasteiger partial charge in [-0.3, -0.25) is 18.6 Å². The number of carbonyl (C=O) groups is 1. The quantitative estimate of drug-likeness (QED) is 0.690. The van der Waals surface area contributed by atoms with Crippen molar-refractivity contribution in [2.24, 2.45) is 11.8 Å². The molecule has 0 radical (unpaired) electrons. The van der Waals surface area contributed by atoms with E-state index in [-0.39, 0.29) is 54.4 Å². The molecule has 6 atom stereocenters. The van der Waals surface area contributed by atoms with Crippen molar-refractivity contribution in [3.8, 4) is 0 Å². The number of quaternary nitrogens is 1. The van der Waals surface area contributed by atoms with Gasteiger partial charge in [0.05, 0.1) is 18.5 Å². The highest BCUT2D eigenvalue weighted by Crippen LogP contribution is 2.78. The number of aromatic nitrogens is 2. The molecule has 0 N–H and O–H groups in total. The Kier molecular flexibility index (Phi) is 2.72. The van der Waals surface area contributed by atoms with E-state index < -0.39 is 12.2 Å². The van der Waals surface area contributed by atoms with Gasteiger partial charge in [0.2, 0.25) is 11.8 Å². The van der Waals surface area contributed by atoms with Crippen molar-refractivity contribution in [2.75, 3.05) is 24.5 Å². The molecule has 29 heavy (non-hydrogen) atoms. The predicted molar refractivity (Wildman–Crippen MR) is 94.4 cm³/mol. The Morgan fingerprint density at radius 1 is 1.34 bits per heavy atom. The first kappa shape index (κ1) is 16.8. The van der Waals surface area contributed by atoms with Crippen molar-refractivity contribution in [2.45, 2.75) is 55.8 Å². The summed E-state index contributed by atoms with van der Waals surface area (Å²) in [4.78, 5) is 30.9. The third-order valence-electron chi connectivity index (χ3n) is 8.06. The van der Waals surface area contributed by atoms with E-state index in [1.54, 1.807) is 0 Å². The smallest absolute Gasteiger partial charge is 0.352 e. The van der Waals surface area contributed by atoms with E-state index >= 15 is 0 Å². The van der Waals surface area contributed by atoms with Gasteiger partial charge in [-0.1, -0.05) is 0 Å². The lowest BCUT2D eigenvalue weighted by molar-refractivity contribution is -0.214. The molecule has 6 unspecified atom stereocenters. The van der Waals surface area contributed by atoms with Crippen LogP contribution >= 0.6 is 0 Å². The Bertz CT molecular complexity index is 1030. The summed E-state index contributed by atoms with van der Waals surface area (Å²) in [6, 6.07) is -0.00393. The zero-order valence-corrected chi connectivity index (χ0v) is 15.6. The number of carbonyl (C=O) groups excluding carboxylic acids is 1. The fraction of sp³-hybridized carbons (Fsp3) is 0.737. The van der Waals surface area contributed by atoms with E-state index in [4.69, 9.17) is 4.74 Å². The Morgan fingerprint density at radius 3 is 2.72 bits per heavy atom. The summed E-state index contributed by atoms with van der Waals surface area (Å²) in [7, 11) is 0. The van der Waals surface area contributed by atoms with Gasteiger partial charge in [-0.25, -0.2) is 0 Å². The van der Waals surface area contributed by atoms with Crippen LogP contribution in [0.5, 0.6) is 0 Å². The van der Waals surface area contributed by atoms with Crippen LogP contribution in [0.2, 0.25) is 0 Å². The van der Waals surface area contributed by atoms with E-state index in [0.29, 0.717) is 22.3 Å². The highest BCUT2D eigenvalue weighted by molar-refractivity contribution is 5.87. The third kappa shape index (κ3) is 1.86. The zero-order valence-electron chi connectivity index (χ0n) is 15.6. The number of anilines is 1. The van der Waals surface area contributed by atoms with Crippen LogP contribution in [0.1, 0.15) is 19.3 Å². The highest BCUT2D eigenvalue weighted by Gasteiger charge is 3.01. The molecule has 1 aromatic heterocycles. The third-order valence-corrected chi connectivity index (χ3v) is 8.06. The first-order chi connectivity index (χ1) is 13.7. The molecule has 5 heterocycles. The molecule has 1 spiro atoms. The summed E-state index contributed by atoms with van der Waals surface area (Å²) in [5.41, 5.74) is -0.381. The Morgan fingerprint density at radius 2 is 2.14 bits per heavy atom. The van der Waals surface area contributed by atoms with Crippen molar-refractivity contribution in [3.63, 3.8) is 0 Å². The van der Waals surface area contributed by atoms with Gasteiger partial charge in [-0.15, -0.1) is 0 Å². The minimum atomic E-state index is -4.49. The summed E-state index contributed by atoms with van der Waals surface area (Å²) in [5.74, 6) is 0.712. The summed E-state index contributed by atoms with van der Waals surface area (Å²) in [5, 5.41) is 0. The molecule has 10 heteroatoms. The molecular weight excluding hydrogens is 389 g/mol. The predicted octanol–water partition coefficient (Wildman–Crippen LogP) is 0.834. The second kappa shape index (κ2) is 4.69. The lowest BCUT2D eigenvalue weighted by Gasteiger charge is -2.54. The van der Waals surface area contributed by atoms with Crippen LogP contribution in [0.3, 0.4) is 0 Å². The van der Waals surface area contributed by atoms with Crippen molar-refractivity contribution < 1.29 is 22.7 Å². The molecule has 0 bridgehead atoms. The number of nitrogens with zero attached hydrogens (tertiary/aromatic N) is 4. The van der Waals surface area contributed by atoms with Gasteiger partial charge in [0.25, 0.3) is 5.56 Å². The second-order valence-corrected chi connectivity index (χ2v) is 9.58. The molecule has 7 rings (SSSR count). The van der Waals surface area contributed by atoms with Crippen molar-refractivity contribution >= 4 is 17.5 Å². The van der Waals surface area contributed by atoms with Crippen LogP contribution < -0.4 is 14.9 Å². The normalized spacial score (nSPS) is 43.2. The lowest BCUT2D eigenvalue weighted by atomic mass is 9.94. The number of Topliss-reactive ketones (excluding diaryl/α,β-unsaturated/α-hetero) is 1. The molecule has 3 saturated heterocycles. The van der Waals surface area contributed by atoms with E-state index in [1.807, 2.05) is 0 Å². The summed E-state index contributed by atoms with van der Waals surface area (Å²) < 4.78 is 49.1. The average Bonchev–Trinajstić information content (AvgIpc) is 3.54. The Labute approximate surface area is 163 Å². The number of morpholine rings is 2. The molecule has 4 aliphatic heterocycles. The van der Waals surface area contributed by atoms with Gasteiger partial charge in [-0.2, -0.15) is 18.2 Å². The van der Waals surface area contributed by atoms with Gasteiger partial charge in [0.1, 0.15) is 31.3 Å². The molecule has 6 aliphatic rings. The monoisotopic (exact) mass is 409 g/mol. The van der Waals surface area contributed by atoms with Gasteiger partial charge in [-0.05, 0) is 19.3 Å². The number of fused-ring (bicyclic) bond motifs is 1. The fourth-order valence-electron chi connectivity index (χ4n) is 6.64. The largest absolute Gasteiger partial charge is 0.408 e. The summed E-state index contributed by atoms with van der Waals surface area (Å²) in [6.45, 7) is 1.10. The molecule has 5 fully saturated rings. The first-order valence-electron chi connectivity index (χ1n) is 10.3. The molecule has 2 saturated carbocycles. The number of rotatable bonds is 4. The Hall–Kier alpha value is -1.94. The maximum atomic E-state index is 13.8. The fourth-order valence-corrected chi connectivity index (χ4v) is 6.64. The van der Waals surface area contributed by atoms with Gasteiger partial charge < -0.3 is 9.64 Å². The molecule has 1 aromatic rings. The van der Waals surface area contributed by atoms with Crippen LogP contribution in [-0.2, 0) is 16.1 Å². The second-order valence-electron chi connectivity index (χ2n) is 9.58. The van der Waals surface area contributed by atoms with E-state index in [0.717, 1.165) is 30.8 Å². The maximum Gasteiger partial charge on any atom is 0.408 e. The molecule has 7 nitrogen and oxygen atoms in total. The number of ketones is 1. The van der Waals surface area contributed by atoms with Crippen molar-refractivity contribution in [1.29, 1.82) is 0 Å². The van der Waals surface area contributed by atoms with Crippen LogP contribution in [0.25, 0.3) is 0 Å². The summed E-state index contributed by atoms with van der Waals surface area (Å²) >= 11 is 0. The van der Waals surface area contributed by atoms with Gasteiger partial charge in [0.15, 0.2) is 11.4 Å². The van der Waals surface area contributed by atoms with Crippen LogP contribution in [0.15, 0.2) is 10.9 Å². The number of hydrogen-bond acceptors (Lipinski definition) is 5. The van der Waals surface area contributed by atoms with Crippen molar-refractivity contribution in [1.82, 2.24) is 14.0 Å². The lowest BCUT2D eigenvalue weighted by Crippen LogP contribution is -2.77. The molecule has 154 valence electrons. The number of halogens is 3. The first-order valence-corrected chi connectivity index (χ1v) is 10.3. The van der Waals surface area contributed by atoms with Crippen molar-refractivity contribution in [3.05, 3.63) is 16.4 Å². The SMILES string of the molecule is O=C(CN1c2nc([N+]34CC5OC6(C3)C5C64)cc(=O)n2CCC1C(F)(F)F)C1CC1. The standard InChI is InChI=1S/C19H20F3N4O3/c20-19(21,22)12-3-4-24-14(28)5-13(23-17(24)25(12)6-10(27)9-1-2-9)26-7-11-15-16(26)18(15,8-26)29-11/h5,9,11-12,15-16H,1-4,6-8H2/q+1. The number of ether oxygens (including phenoxy) is 1. The minimum absolute atomic E-state index is 0.00205. The van der Waals surface area contributed by atoms with Crippen LogP contribution in [0.4, 0.5) is 24.9 Å². The summed E-state index contributed by atoms with van der Waals surface area (Å²) in [6.07, 6.45) is -3.09. The van der Waals surface area contributed by atoms with Crippen LogP contribution in [-0.4, -0.2) is 64.9 Å². The number of alkyl halides is 3. The highest BCUT2D eigenvalue weighted by atomic mass is 19.4. The Balaban J connectivity index is 1.32. The zero-order chi connectivity index (χ0) is 19.9. The van der Waals surface area contributed by atoms with E-state index in [9.17, 15) is 22.8 Å². The average molecular weight is 409 g/mol. The van der Waals surface area contributed by atoms with E-state index in [1.165, 1.54) is 10.6 Å². The molecule has 0 amide bonds. The number of hydrogen-bond donors (Lipinski definition) is 0. The van der Waals surface area contributed by atoms with Gasteiger partial charge in [0, 0.05) is 12.5 Å². The molecule has 2 aliphatic carbocycles. The topological polar surface area (TPSA) is 64.4 Å². The minimum Gasteiger partial charge on any atom is -0.352 e. The van der Waals surface area contributed by atoms with E-state index in [2.05, 4.69) is 4.98 Å². The maximum absolute atomic E-state index is 13.8. The number of piperidine rings is 2. The molecular formula is C19H20F3N4O3+. The molecule has 0 aromatic carbocycles.